The molecule has 2 fully saturated rings. The molecule has 0 bridgehead atoms. The molecule has 1 aromatic heterocycles. The van der Waals surface area contributed by atoms with Crippen LogP contribution in [0, 0.1) is 0 Å². The molecule has 0 unspecified atom stereocenters. The summed E-state index contributed by atoms with van der Waals surface area (Å²) in [6.07, 6.45) is 10.4. The first kappa shape index (κ1) is 19.4. The normalized spacial score (nSPS) is 18.2. The molecule has 1 saturated carbocycles. The number of piperazine rings is 1. The zero-order valence-electron chi connectivity index (χ0n) is 15.9. The molecular formula is C19H30N6O2. The van der Waals surface area contributed by atoms with Gasteiger partial charge in [-0.2, -0.15) is 0 Å². The van der Waals surface area contributed by atoms with E-state index in [9.17, 15) is 9.59 Å². The minimum absolute atomic E-state index is 0.106. The van der Waals surface area contributed by atoms with Gasteiger partial charge >= 0.3 is 6.03 Å². The highest BCUT2D eigenvalue weighted by Gasteiger charge is 2.22. The Balaban J connectivity index is 1.28. The summed E-state index contributed by atoms with van der Waals surface area (Å²) in [6.45, 7) is 3.40. The predicted molar refractivity (Wildman–Crippen MR) is 103 cm³/mol. The van der Waals surface area contributed by atoms with E-state index in [1.54, 1.807) is 18.5 Å². The summed E-state index contributed by atoms with van der Waals surface area (Å²) in [5, 5.41) is 5.90. The van der Waals surface area contributed by atoms with Crippen LogP contribution < -0.4 is 15.5 Å². The van der Waals surface area contributed by atoms with Gasteiger partial charge in [0.25, 0.3) is 0 Å². The highest BCUT2D eigenvalue weighted by Crippen LogP contribution is 2.17. The number of rotatable bonds is 6. The van der Waals surface area contributed by atoms with Crippen molar-refractivity contribution in [1.29, 1.82) is 0 Å². The summed E-state index contributed by atoms with van der Waals surface area (Å²) < 4.78 is 0. The molecule has 2 N–H and O–H groups in total. The number of anilines is 1. The van der Waals surface area contributed by atoms with E-state index in [2.05, 4.69) is 25.5 Å². The summed E-state index contributed by atoms with van der Waals surface area (Å²) in [4.78, 5) is 36.7. The Morgan fingerprint density at radius 3 is 2.44 bits per heavy atom. The largest absolute Gasteiger partial charge is 0.339 e. The maximum Gasteiger partial charge on any atom is 0.315 e. The van der Waals surface area contributed by atoms with Gasteiger partial charge in [0.1, 0.15) is 0 Å². The summed E-state index contributed by atoms with van der Waals surface area (Å²) in [5.41, 5.74) is 0. The Labute approximate surface area is 160 Å². The lowest BCUT2D eigenvalue weighted by Crippen LogP contribution is -2.49. The predicted octanol–water partition coefficient (Wildman–Crippen LogP) is 1.54. The number of aromatic nitrogens is 2. The molecule has 1 aliphatic carbocycles. The zero-order valence-corrected chi connectivity index (χ0v) is 15.9. The fourth-order valence-electron chi connectivity index (χ4n) is 3.69. The quantitative estimate of drug-likeness (QED) is 0.737. The van der Waals surface area contributed by atoms with Gasteiger partial charge < -0.3 is 20.4 Å². The van der Waals surface area contributed by atoms with Crippen LogP contribution in [0.5, 0.6) is 0 Å². The summed E-state index contributed by atoms with van der Waals surface area (Å²) in [5.74, 6) is 0.871. The smallest absolute Gasteiger partial charge is 0.315 e. The highest BCUT2D eigenvalue weighted by molar-refractivity contribution is 5.77. The van der Waals surface area contributed by atoms with Crippen LogP contribution in [0.15, 0.2) is 18.5 Å². The molecule has 148 valence electrons. The summed E-state index contributed by atoms with van der Waals surface area (Å²) >= 11 is 0. The standard InChI is InChI=1S/C19H30N6O2/c26-17(8-4-9-22-19(27)23-16-6-2-1-3-7-16)24-12-14-25(15-13-24)18-20-10-5-11-21-18/h5,10-11,16H,1-4,6-9,12-15H2,(H2,22,23,27). The second kappa shape index (κ2) is 10.1. The van der Waals surface area contributed by atoms with Gasteiger partial charge in [0.05, 0.1) is 0 Å². The van der Waals surface area contributed by atoms with Gasteiger partial charge in [-0.05, 0) is 25.3 Å². The van der Waals surface area contributed by atoms with Gasteiger partial charge in [0, 0.05) is 57.6 Å². The van der Waals surface area contributed by atoms with E-state index in [0.29, 0.717) is 38.5 Å². The van der Waals surface area contributed by atoms with Crippen molar-refractivity contribution in [1.82, 2.24) is 25.5 Å². The van der Waals surface area contributed by atoms with Gasteiger partial charge in [-0.25, -0.2) is 14.8 Å². The Morgan fingerprint density at radius 1 is 1.04 bits per heavy atom. The van der Waals surface area contributed by atoms with E-state index < -0.39 is 0 Å². The Hall–Kier alpha value is -2.38. The Bertz CT molecular complexity index is 597. The first-order valence-electron chi connectivity index (χ1n) is 10.1. The number of carbonyl (C=O) groups excluding carboxylic acids is 2. The summed E-state index contributed by atoms with van der Waals surface area (Å²) in [6, 6.07) is 2.00. The topological polar surface area (TPSA) is 90.5 Å². The first-order valence-corrected chi connectivity index (χ1v) is 10.1. The molecule has 0 radical (unpaired) electrons. The molecule has 2 heterocycles. The van der Waals surface area contributed by atoms with Crippen molar-refractivity contribution in [2.45, 2.75) is 51.0 Å². The number of urea groups is 1. The fourth-order valence-corrected chi connectivity index (χ4v) is 3.69. The molecule has 1 saturated heterocycles. The molecule has 0 atom stereocenters. The van der Waals surface area contributed by atoms with Gasteiger partial charge in [-0.1, -0.05) is 19.3 Å². The van der Waals surface area contributed by atoms with Crippen LogP contribution in [-0.2, 0) is 4.79 Å². The van der Waals surface area contributed by atoms with Gasteiger partial charge in [-0.15, -0.1) is 0 Å². The number of hydrogen-bond donors (Lipinski definition) is 2. The van der Waals surface area contributed by atoms with Gasteiger partial charge in [0.2, 0.25) is 11.9 Å². The second-order valence-electron chi connectivity index (χ2n) is 7.26. The van der Waals surface area contributed by atoms with Gasteiger partial charge in [0.15, 0.2) is 0 Å². The molecule has 1 aliphatic heterocycles. The van der Waals surface area contributed by atoms with E-state index in [4.69, 9.17) is 0 Å². The highest BCUT2D eigenvalue weighted by atomic mass is 16.2. The van der Waals surface area contributed by atoms with Crippen LogP contribution in [0.4, 0.5) is 10.7 Å². The van der Waals surface area contributed by atoms with Crippen LogP contribution >= 0.6 is 0 Å². The summed E-state index contributed by atoms with van der Waals surface area (Å²) in [7, 11) is 0. The van der Waals surface area contributed by atoms with Crippen LogP contribution in [0.25, 0.3) is 0 Å². The molecule has 0 aromatic carbocycles. The van der Waals surface area contributed by atoms with E-state index in [0.717, 1.165) is 31.9 Å². The van der Waals surface area contributed by atoms with Crippen LogP contribution in [0.1, 0.15) is 44.9 Å². The molecule has 8 heteroatoms. The van der Waals surface area contributed by atoms with E-state index >= 15 is 0 Å². The van der Waals surface area contributed by atoms with Crippen molar-refractivity contribution in [3.05, 3.63) is 18.5 Å². The Kier molecular flexibility index (Phi) is 7.24. The third-order valence-electron chi connectivity index (χ3n) is 5.26. The maximum absolute atomic E-state index is 12.4. The molecule has 2 aliphatic rings. The minimum atomic E-state index is -0.106. The number of amides is 3. The van der Waals surface area contributed by atoms with Crippen molar-refractivity contribution in [3.8, 4) is 0 Å². The first-order chi connectivity index (χ1) is 13.2. The van der Waals surface area contributed by atoms with Crippen LogP contribution in [-0.4, -0.2) is 65.6 Å². The molecule has 1 aromatic rings. The minimum Gasteiger partial charge on any atom is -0.339 e. The van der Waals surface area contributed by atoms with Crippen molar-refractivity contribution in [2.75, 3.05) is 37.6 Å². The second-order valence-corrected chi connectivity index (χ2v) is 7.26. The average molecular weight is 374 g/mol. The number of nitrogens with zero attached hydrogens (tertiary/aromatic N) is 4. The van der Waals surface area contributed by atoms with Crippen molar-refractivity contribution in [2.24, 2.45) is 0 Å². The third kappa shape index (κ3) is 6.08. The number of hydrogen-bond acceptors (Lipinski definition) is 5. The monoisotopic (exact) mass is 374 g/mol. The van der Waals surface area contributed by atoms with Crippen molar-refractivity contribution in [3.63, 3.8) is 0 Å². The molecular weight excluding hydrogens is 344 g/mol. The van der Waals surface area contributed by atoms with Crippen molar-refractivity contribution >= 4 is 17.9 Å². The molecule has 0 spiro atoms. The van der Waals surface area contributed by atoms with E-state index in [1.165, 1.54) is 19.3 Å². The Morgan fingerprint density at radius 2 is 1.74 bits per heavy atom. The molecule has 3 rings (SSSR count). The molecule has 8 nitrogen and oxygen atoms in total. The van der Waals surface area contributed by atoms with Crippen molar-refractivity contribution < 1.29 is 9.59 Å². The SMILES string of the molecule is O=C(NCCCC(=O)N1CCN(c2ncccn2)CC1)NC1CCCCC1. The lowest BCUT2D eigenvalue weighted by molar-refractivity contribution is -0.131. The maximum atomic E-state index is 12.4. The van der Waals surface area contributed by atoms with E-state index in [-0.39, 0.29) is 11.9 Å². The lowest BCUT2D eigenvalue weighted by Gasteiger charge is -2.34. The molecule has 3 amide bonds. The fraction of sp³-hybridized carbons (Fsp3) is 0.684. The zero-order chi connectivity index (χ0) is 18.9. The van der Waals surface area contributed by atoms with E-state index in [1.807, 2.05) is 4.90 Å². The van der Waals surface area contributed by atoms with Crippen LogP contribution in [0.2, 0.25) is 0 Å². The number of nitrogens with one attached hydrogen (secondary N) is 2. The average Bonchev–Trinajstić information content (AvgIpc) is 2.72. The van der Waals surface area contributed by atoms with Gasteiger partial charge in [-0.3, -0.25) is 4.79 Å². The third-order valence-corrected chi connectivity index (χ3v) is 5.26. The lowest BCUT2D eigenvalue weighted by atomic mass is 9.96. The van der Waals surface area contributed by atoms with Crippen LogP contribution in [0.3, 0.4) is 0 Å². The molecule has 27 heavy (non-hydrogen) atoms. The number of carbonyl (C=O) groups is 2.